The number of ether oxygens (including phenoxy) is 1. The SMILES string of the molecule is Cc1ccc(OCCCN(C)CCI)cc1. The quantitative estimate of drug-likeness (QED) is 0.432. The summed E-state index contributed by atoms with van der Waals surface area (Å²) in [6, 6.07) is 8.23. The molecule has 0 saturated carbocycles. The lowest BCUT2D eigenvalue weighted by Crippen LogP contribution is -2.23. The molecule has 1 rings (SSSR count). The van der Waals surface area contributed by atoms with Gasteiger partial charge in [-0.15, -0.1) is 0 Å². The van der Waals surface area contributed by atoms with E-state index >= 15 is 0 Å². The summed E-state index contributed by atoms with van der Waals surface area (Å²) in [5.41, 5.74) is 1.27. The summed E-state index contributed by atoms with van der Waals surface area (Å²) >= 11 is 2.40. The van der Waals surface area contributed by atoms with Crippen LogP contribution >= 0.6 is 22.6 Å². The van der Waals surface area contributed by atoms with Gasteiger partial charge in [-0.1, -0.05) is 40.3 Å². The minimum Gasteiger partial charge on any atom is -0.494 e. The van der Waals surface area contributed by atoms with Gasteiger partial charge in [0.2, 0.25) is 0 Å². The van der Waals surface area contributed by atoms with Gasteiger partial charge in [-0.2, -0.15) is 0 Å². The van der Waals surface area contributed by atoms with Gasteiger partial charge >= 0.3 is 0 Å². The van der Waals surface area contributed by atoms with Crippen LogP contribution in [-0.4, -0.2) is 36.1 Å². The lowest BCUT2D eigenvalue weighted by atomic mass is 10.2. The third kappa shape index (κ3) is 5.70. The van der Waals surface area contributed by atoms with Gasteiger partial charge < -0.3 is 9.64 Å². The van der Waals surface area contributed by atoms with Crippen molar-refractivity contribution in [3.63, 3.8) is 0 Å². The Labute approximate surface area is 112 Å². The van der Waals surface area contributed by atoms with Gasteiger partial charge in [-0.3, -0.25) is 0 Å². The minimum atomic E-state index is 0.800. The number of rotatable bonds is 7. The van der Waals surface area contributed by atoms with Crippen LogP contribution < -0.4 is 4.74 Å². The normalized spacial score (nSPS) is 10.8. The Bertz CT molecular complexity index is 286. The van der Waals surface area contributed by atoms with Gasteiger partial charge in [-0.25, -0.2) is 0 Å². The zero-order valence-electron chi connectivity index (χ0n) is 10.1. The molecule has 0 heterocycles. The van der Waals surface area contributed by atoms with E-state index in [1.807, 2.05) is 12.1 Å². The predicted octanol–water partition coefficient (Wildman–Crippen LogP) is 3.13. The molecule has 0 fully saturated rings. The largest absolute Gasteiger partial charge is 0.494 e. The third-order valence-electron chi connectivity index (χ3n) is 2.44. The van der Waals surface area contributed by atoms with Crippen LogP contribution in [0.4, 0.5) is 0 Å². The van der Waals surface area contributed by atoms with Gasteiger partial charge in [0.1, 0.15) is 5.75 Å². The molecule has 3 heteroatoms. The van der Waals surface area contributed by atoms with E-state index in [1.165, 1.54) is 9.99 Å². The lowest BCUT2D eigenvalue weighted by molar-refractivity contribution is 0.269. The topological polar surface area (TPSA) is 12.5 Å². The highest BCUT2D eigenvalue weighted by molar-refractivity contribution is 14.1. The molecule has 1 aromatic carbocycles. The molecule has 0 amide bonds. The molecule has 0 aliphatic rings. The summed E-state index contributed by atoms with van der Waals surface area (Å²) in [6.45, 7) is 5.15. The van der Waals surface area contributed by atoms with Crippen molar-refractivity contribution in [3.8, 4) is 5.75 Å². The van der Waals surface area contributed by atoms with Crippen molar-refractivity contribution in [1.29, 1.82) is 0 Å². The molecule has 0 unspecified atom stereocenters. The van der Waals surface area contributed by atoms with E-state index < -0.39 is 0 Å². The summed E-state index contributed by atoms with van der Waals surface area (Å²) < 4.78 is 6.85. The molecule has 1 aromatic rings. The van der Waals surface area contributed by atoms with Crippen molar-refractivity contribution < 1.29 is 4.74 Å². The van der Waals surface area contributed by atoms with Crippen molar-refractivity contribution in [2.24, 2.45) is 0 Å². The van der Waals surface area contributed by atoms with E-state index in [0.717, 1.165) is 31.9 Å². The first-order chi connectivity index (χ1) is 7.72. The van der Waals surface area contributed by atoms with E-state index in [9.17, 15) is 0 Å². The van der Waals surface area contributed by atoms with Crippen LogP contribution in [0.1, 0.15) is 12.0 Å². The average Bonchev–Trinajstić information content (AvgIpc) is 2.27. The summed E-state index contributed by atoms with van der Waals surface area (Å²) in [4.78, 5) is 2.34. The molecular formula is C13H20INO. The first-order valence-corrected chi connectivity index (χ1v) is 7.19. The van der Waals surface area contributed by atoms with E-state index in [-0.39, 0.29) is 0 Å². The zero-order valence-corrected chi connectivity index (χ0v) is 12.2. The first kappa shape index (κ1) is 13.8. The Morgan fingerprint density at radius 3 is 2.50 bits per heavy atom. The molecule has 0 aromatic heterocycles. The van der Waals surface area contributed by atoms with Crippen molar-refractivity contribution >= 4 is 22.6 Å². The zero-order chi connectivity index (χ0) is 11.8. The van der Waals surface area contributed by atoms with Crippen LogP contribution in [0.5, 0.6) is 5.75 Å². The Kier molecular flexibility index (Phi) is 6.80. The number of nitrogens with zero attached hydrogens (tertiary/aromatic N) is 1. The van der Waals surface area contributed by atoms with Crippen LogP contribution in [0, 0.1) is 6.92 Å². The van der Waals surface area contributed by atoms with Crippen molar-refractivity contribution in [3.05, 3.63) is 29.8 Å². The molecule has 16 heavy (non-hydrogen) atoms. The van der Waals surface area contributed by atoms with Crippen LogP contribution in [0.2, 0.25) is 0 Å². The molecular weight excluding hydrogens is 313 g/mol. The van der Waals surface area contributed by atoms with E-state index in [2.05, 4.69) is 53.6 Å². The van der Waals surface area contributed by atoms with Crippen LogP contribution in [0.3, 0.4) is 0 Å². The smallest absolute Gasteiger partial charge is 0.119 e. The predicted molar refractivity (Wildman–Crippen MR) is 77.7 cm³/mol. The fourth-order valence-electron chi connectivity index (χ4n) is 1.42. The highest BCUT2D eigenvalue weighted by Crippen LogP contribution is 2.11. The second kappa shape index (κ2) is 7.90. The maximum atomic E-state index is 5.66. The summed E-state index contributed by atoms with van der Waals surface area (Å²) in [5, 5.41) is 0. The Morgan fingerprint density at radius 2 is 1.88 bits per heavy atom. The molecule has 0 N–H and O–H groups in total. The molecule has 0 atom stereocenters. The highest BCUT2D eigenvalue weighted by atomic mass is 127. The highest BCUT2D eigenvalue weighted by Gasteiger charge is 1.97. The maximum Gasteiger partial charge on any atom is 0.119 e. The van der Waals surface area contributed by atoms with Gasteiger partial charge in [0.25, 0.3) is 0 Å². The Balaban J connectivity index is 2.13. The van der Waals surface area contributed by atoms with Crippen LogP contribution in [-0.2, 0) is 0 Å². The number of hydrogen-bond donors (Lipinski definition) is 0. The molecule has 0 spiro atoms. The third-order valence-corrected chi connectivity index (χ3v) is 2.92. The van der Waals surface area contributed by atoms with Crippen molar-refractivity contribution in [2.75, 3.05) is 31.2 Å². The monoisotopic (exact) mass is 333 g/mol. The standard InChI is InChI=1S/C13H20INO/c1-12-4-6-13(7-5-12)16-11-3-9-15(2)10-8-14/h4-7H,3,8-11H2,1-2H3. The molecule has 0 aliphatic carbocycles. The fraction of sp³-hybridized carbons (Fsp3) is 0.538. The number of alkyl halides is 1. The van der Waals surface area contributed by atoms with Crippen LogP contribution in [0.25, 0.3) is 0 Å². The Hall–Kier alpha value is -0.290. The van der Waals surface area contributed by atoms with E-state index in [0.29, 0.717) is 0 Å². The molecule has 0 aliphatic heterocycles. The lowest BCUT2D eigenvalue weighted by Gasteiger charge is -2.14. The molecule has 0 saturated heterocycles. The number of halogens is 1. The van der Waals surface area contributed by atoms with Crippen molar-refractivity contribution in [1.82, 2.24) is 4.90 Å². The van der Waals surface area contributed by atoms with Gasteiger partial charge in [-0.05, 0) is 32.5 Å². The van der Waals surface area contributed by atoms with Gasteiger partial charge in [0, 0.05) is 17.5 Å². The number of benzene rings is 1. The second-order valence-corrected chi connectivity index (χ2v) is 5.09. The second-order valence-electron chi connectivity index (χ2n) is 4.01. The van der Waals surface area contributed by atoms with E-state index in [1.54, 1.807) is 0 Å². The van der Waals surface area contributed by atoms with E-state index in [4.69, 9.17) is 4.74 Å². The minimum absolute atomic E-state index is 0.800. The molecule has 2 nitrogen and oxygen atoms in total. The maximum absolute atomic E-state index is 5.66. The van der Waals surface area contributed by atoms with Crippen LogP contribution in [0.15, 0.2) is 24.3 Å². The molecule has 0 radical (unpaired) electrons. The van der Waals surface area contributed by atoms with Gasteiger partial charge in [0.15, 0.2) is 0 Å². The number of aryl methyl sites for hydroxylation is 1. The summed E-state index contributed by atoms with van der Waals surface area (Å²) in [7, 11) is 2.16. The van der Waals surface area contributed by atoms with Crippen molar-refractivity contribution in [2.45, 2.75) is 13.3 Å². The Morgan fingerprint density at radius 1 is 1.19 bits per heavy atom. The summed E-state index contributed by atoms with van der Waals surface area (Å²) in [5.74, 6) is 0.974. The first-order valence-electron chi connectivity index (χ1n) is 5.66. The average molecular weight is 333 g/mol. The van der Waals surface area contributed by atoms with Gasteiger partial charge in [0.05, 0.1) is 6.61 Å². The molecule has 0 bridgehead atoms. The number of hydrogen-bond acceptors (Lipinski definition) is 2. The molecule has 90 valence electrons. The fourth-order valence-corrected chi connectivity index (χ4v) is 2.24. The summed E-state index contributed by atoms with van der Waals surface area (Å²) in [6.07, 6.45) is 1.08.